The largest absolute Gasteiger partial charge is 0.348 e. The number of piperazine rings is 1. The number of carbonyl (C=O) groups is 3. The number of rotatable bonds is 5. The molecule has 0 spiro atoms. The van der Waals surface area contributed by atoms with Crippen molar-refractivity contribution in [3.63, 3.8) is 0 Å². The summed E-state index contributed by atoms with van der Waals surface area (Å²) in [5, 5.41) is 2.70. The normalized spacial score (nSPS) is 13.7. The molecule has 0 unspecified atom stereocenters. The SMILES string of the molecule is C=CC(=O)NCc1ccc(C(=O)N2CCN(C(=O)c3ccc(C)cc3)CC2)cc1. The van der Waals surface area contributed by atoms with Crippen molar-refractivity contribution in [1.82, 2.24) is 15.1 Å². The Hall–Kier alpha value is -3.41. The summed E-state index contributed by atoms with van der Waals surface area (Å²) in [6, 6.07) is 14.7. The molecule has 150 valence electrons. The molecule has 0 atom stereocenters. The van der Waals surface area contributed by atoms with Crippen LogP contribution in [0.5, 0.6) is 0 Å². The second-order valence-corrected chi connectivity index (χ2v) is 7.07. The van der Waals surface area contributed by atoms with Gasteiger partial charge in [-0.15, -0.1) is 0 Å². The maximum atomic E-state index is 12.7. The number of hydrogen-bond donors (Lipinski definition) is 1. The third kappa shape index (κ3) is 5.10. The minimum absolute atomic E-state index is 0.00280. The summed E-state index contributed by atoms with van der Waals surface area (Å²) in [5.41, 5.74) is 3.30. The van der Waals surface area contributed by atoms with Gasteiger partial charge in [-0.3, -0.25) is 14.4 Å². The summed E-state index contributed by atoms with van der Waals surface area (Å²) in [6.45, 7) is 7.84. The average molecular weight is 391 g/mol. The Labute approximate surface area is 170 Å². The third-order valence-corrected chi connectivity index (χ3v) is 5.01. The molecule has 2 aromatic carbocycles. The first-order valence-corrected chi connectivity index (χ1v) is 9.62. The Bertz CT molecular complexity index is 896. The molecule has 6 heteroatoms. The average Bonchev–Trinajstić information content (AvgIpc) is 2.77. The van der Waals surface area contributed by atoms with Crippen LogP contribution in [0.1, 0.15) is 31.8 Å². The van der Waals surface area contributed by atoms with Crippen molar-refractivity contribution in [3.05, 3.63) is 83.4 Å². The molecule has 3 rings (SSSR count). The fraction of sp³-hybridized carbons (Fsp3) is 0.261. The highest BCUT2D eigenvalue weighted by atomic mass is 16.2. The van der Waals surface area contributed by atoms with Gasteiger partial charge in [-0.1, -0.05) is 36.4 Å². The van der Waals surface area contributed by atoms with E-state index in [1.54, 1.807) is 21.9 Å². The number of hydrogen-bond acceptors (Lipinski definition) is 3. The lowest BCUT2D eigenvalue weighted by molar-refractivity contribution is -0.116. The van der Waals surface area contributed by atoms with Crippen LogP contribution in [0.25, 0.3) is 0 Å². The smallest absolute Gasteiger partial charge is 0.253 e. The second kappa shape index (κ2) is 9.19. The lowest BCUT2D eigenvalue weighted by Crippen LogP contribution is -2.50. The summed E-state index contributed by atoms with van der Waals surface area (Å²) in [5.74, 6) is -0.277. The second-order valence-electron chi connectivity index (χ2n) is 7.07. The Morgan fingerprint density at radius 1 is 0.862 bits per heavy atom. The molecule has 1 saturated heterocycles. The summed E-state index contributed by atoms with van der Waals surface area (Å²) >= 11 is 0. The quantitative estimate of drug-likeness (QED) is 0.796. The lowest BCUT2D eigenvalue weighted by atomic mass is 10.1. The zero-order valence-electron chi connectivity index (χ0n) is 16.6. The van der Waals surface area contributed by atoms with Gasteiger partial charge in [-0.2, -0.15) is 0 Å². The van der Waals surface area contributed by atoms with Crippen molar-refractivity contribution in [2.45, 2.75) is 13.5 Å². The molecular formula is C23H25N3O3. The predicted octanol–water partition coefficient (Wildman–Crippen LogP) is 2.40. The lowest BCUT2D eigenvalue weighted by Gasteiger charge is -2.35. The fourth-order valence-corrected chi connectivity index (χ4v) is 3.20. The number of benzene rings is 2. The molecule has 3 amide bonds. The van der Waals surface area contributed by atoms with E-state index in [2.05, 4.69) is 11.9 Å². The van der Waals surface area contributed by atoms with Gasteiger partial charge in [0.2, 0.25) is 5.91 Å². The molecule has 1 N–H and O–H groups in total. The molecule has 1 aliphatic heterocycles. The van der Waals surface area contributed by atoms with E-state index in [0.29, 0.717) is 43.9 Å². The molecule has 6 nitrogen and oxygen atoms in total. The fourth-order valence-electron chi connectivity index (χ4n) is 3.20. The zero-order chi connectivity index (χ0) is 20.8. The summed E-state index contributed by atoms with van der Waals surface area (Å²) in [6.07, 6.45) is 1.22. The number of carbonyl (C=O) groups excluding carboxylic acids is 3. The van der Waals surface area contributed by atoms with Crippen LogP contribution >= 0.6 is 0 Å². The van der Waals surface area contributed by atoms with Crippen molar-refractivity contribution >= 4 is 17.7 Å². The minimum atomic E-state index is -0.233. The first-order valence-electron chi connectivity index (χ1n) is 9.62. The van der Waals surface area contributed by atoms with Crippen molar-refractivity contribution in [1.29, 1.82) is 0 Å². The number of amides is 3. The number of nitrogens with zero attached hydrogens (tertiary/aromatic N) is 2. The van der Waals surface area contributed by atoms with Crippen LogP contribution in [0.2, 0.25) is 0 Å². The van der Waals surface area contributed by atoms with Crippen LogP contribution in [0.4, 0.5) is 0 Å². The highest BCUT2D eigenvalue weighted by Crippen LogP contribution is 2.13. The molecule has 0 radical (unpaired) electrons. The van der Waals surface area contributed by atoms with Gasteiger partial charge >= 0.3 is 0 Å². The third-order valence-electron chi connectivity index (χ3n) is 5.01. The van der Waals surface area contributed by atoms with E-state index in [4.69, 9.17) is 0 Å². The monoisotopic (exact) mass is 391 g/mol. The van der Waals surface area contributed by atoms with Crippen molar-refractivity contribution < 1.29 is 14.4 Å². The molecule has 0 aromatic heterocycles. The van der Waals surface area contributed by atoms with E-state index in [9.17, 15) is 14.4 Å². The van der Waals surface area contributed by atoms with Crippen LogP contribution in [0.3, 0.4) is 0 Å². The zero-order valence-corrected chi connectivity index (χ0v) is 16.6. The molecule has 0 bridgehead atoms. The summed E-state index contributed by atoms with van der Waals surface area (Å²) in [4.78, 5) is 40.2. The Balaban J connectivity index is 1.54. The standard InChI is InChI=1S/C23H25N3O3/c1-3-21(27)24-16-18-6-10-20(11-7-18)23(29)26-14-12-25(13-15-26)22(28)19-8-4-17(2)5-9-19/h3-11H,1,12-16H2,2H3,(H,24,27). The van der Waals surface area contributed by atoms with E-state index in [1.807, 2.05) is 43.3 Å². The van der Waals surface area contributed by atoms with Crippen molar-refractivity contribution in [3.8, 4) is 0 Å². The number of nitrogens with one attached hydrogen (secondary N) is 1. The number of aryl methyl sites for hydroxylation is 1. The van der Waals surface area contributed by atoms with Crippen LogP contribution in [-0.2, 0) is 11.3 Å². The van der Waals surface area contributed by atoms with Crippen molar-refractivity contribution in [2.24, 2.45) is 0 Å². The van der Waals surface area contributed by atoms with E-state index < -0.39 is 0 Å². The van der Waals surface area contributed by atoms with Gasteiger partial charge in [0.1, 0.15) is 0 Å². The van der Waals surface area contributed by atoms with E-state index >= 15 is 0 Å². The maximum Gasteiger partial charge on any atom is 0.253 e. The van der Waals surface area contributed by atoms with E-state index in [0.717, 1.165) is 11.1 Å². The first-order chi connectivity index (χ1) is 14.0. The van der Waals surface area contributed by atoms with Gasteiger partial charge in [-0.05, 0) is 42.8 Å². The molecule has 0 aliphatic carbocycles. The van der Waals surface area contributed by atoms with E-state index in [-0.39, 0.29) is 17.7 Å². The first kappa shape index (κ1) is 20.3. The molecule has 2 aromatic rings. The van der Waals surface area contributed by atoms with Crippen LogP contribution in [-0.4, -0.2) is 53.7 Å². The summed E-state index contributed by atoms with van der Waals surface area (Å²) in [7, 11) is 0. The molecule has 0 saturated carbocycles. The van der Waals surface area contributed by atoms with Gasteiger partial charge in [0, 0.05) is 43.9 Å². The summed E-state index contributed by atoms with van der Waals surface area (Å²) < 4.78 is 0. The van der Waals surface area contributed by atoms with E-state index in [1.165, 1.54) is 6.08 Å². The highest BCUT2D eigenvalue weighted by molar-refractivity contribution is 5.96. The van der Waals surface area contributed by atoms with Crippen LogP contribution in [0.15, 0.2) is 61.2 Å². The van der Waals surface area contributed by atoms with Crippen LogP contribution in [0, 0.1) is 6.92 Å². The van der Waals surface area contributed by atoms with Gasteiger partial charge in [-0.25, -0.2) is 0 Å². The van der Waals surface area contributed by atoms with Crippen molar-refractivity contribution in [2.75, 3.05) is 26.2 Å². The Kier molecular flexibility index (Phi) is 6.44. The molecule has 1 fully saturated rings. The topological polar surface area (TPSA) is 69.7 Å². The van der Waals surface area contributed by atoms with Gasteiger partial charge in [0.25, 0.3) is 11.8 Å². The van der Waals surface area contributed by atoms with Gasteiger partial charge in [0.05, 0.1) is 0 Å². The van der Waals surface area contributed by atoms with Gasteiger partial charge in [0.15, 0.2) is 0 Å². The predicted molar refractivity (Wildman–Crippen MR) is 111 cm³/mol. The Morgan fingerprint density at radius 2 is 1.31 bits per heavy atom. The maximum absolute atomic E-state index is 12.7. The Morgan fingerprint density at radius 3 is 1.76 bits per heavy atom. The molecule has 1 aliphatic rings. The van der Waals surface area contributed by atoms with Gasteiger partial charge < -0.3 is 15.1 Å². The minimum Gasteiger partial charge on any atom is -0.348 e. The molecule has 29 heavy (non-hydrogen) atoms. The molecule has 1 heterocycles. The van der Waals surface area contributed by atoms with Crippen LogP contribution < -0.4 is 5.32 Å². The highest BCUT2D eigenvalue weighted by Gasteiger charge is 2.25. The molecular weight excluding hydrogens is 366 g/mol.